The van der Waals surface area contributed by atoms with Crippen LogP contribution in [0.1, 0.15) is 75.7 Å². The minimum atomic E-state index is -0.956. The summed E-state index contributed by atoms with van der Waals surface area (Å²) in [5, 5.41) is 2.87. The molecule has 2 atom stereocenters. The number of methoxy groups -OCH3 is 3. The second-order valence-corrected chi connectivity index (χ2v) is 10.3. The summed E-state index contributed by atoms with van der Waals surface area (Å²) in [5.41, 5.74) is 5.39. The fraction of sp³-hybridized carbons (Fsp3) is 0.667. The highest BCUT2D eigenvalue weighted by molar-refractivity contribution is 5.96. The number of nitrogens with one attached hydrogen (secondary N) is 1. The summed E-state index contributed by atoms with van der Waals surface area (Å²) in [7, 11) is 4.69. The molecule has 9 heteroatoms. The lowest BCUT2D eigenvalue weighted by Crippen LogP contribution is -2.57. The van der Waals surface area contributed by atoms with Gasteiger partial charge in [0.25, 0.3) is 0 Å². The molecule has 1 aromatic carbocycles. The summed E-state index contributed by atoms with van der Waals surface area (Å²) in [6.45, 7) is 0.508. The highest BCUT2D eigenvalue weighted by atomic mass is 16.5. The van der Waals surface area contributed by atoms with E-state index < -0.39 is 23.4 Å². The molecule has 2 saturated carbocycles. The van der Waals surface area contributed by atoms with E-state index in [0.717, 1.165) is 50.5 Å². The number of carbonyl (C=O) groups is 3. The van der Waals surface area contributed by atoms with Gasteiger partial charge >= 0.3 is 0 Å². The van der Waals surface area contributed by atoms with Gasteiger partial charge in [-0.1, -0.05) is 19.3 Å². The van der Waals surface area contributed by atoms with Crippen molar-refractivity contribution in [2.75, 3.05) is 27.9 Å². The summed E-state index contributed by atoms with van der Waals surface area (Å²) >= 11 is 0. The topological polar surface area (TPSA) is 120 Å². The van der Waals surface area contributed by atoms with Gasteiger partial charge in [0.2, 0.25) is 23.5 Å². The van der Waals surface area contributed by atoms with Crippen LogP contribution in [-0.4, -0.2) is 62.1 Å². The predicted octanol–water partition coefficient (Wildman–Crippen LogP) is 2.89. The fourth-order valence-electron chi connectivity index (χ4n) is 5.89. The van der Waals surface area contributed by atoms with Crippen LogP contribution in [0.15, 0.2) is 12.1 Å². The van der Waals surface area contributed by atoms with Gasteiger partial charge in [-0.25, -0.2) is 0 Å². The van der Waals surface area contributed by atoms with E-state index in [1.165, 1.54) is 0 Å². The highest BCUT2D eigenvalue weighted by Gasteiger charge is 2.51. The molecule has 0 spiro atoms. The number of benzene rings is 1. The molecule has 0 radical (unpaired) electrons. The van der Waals surface area contributed by atoms with Gasteiger partial charge in [-0.3, -0.25) is 14.4 Å². The monoisotopic (exact) mass is 501 g/mol. The Hall–Kier alpha value is -2.97. The first-order valence-electron chi connectivity index (χ1n) is 13.1. The van der Waals surface area contributed by atoms with Crippen LogP contribution < -0.4 is 25.3 Å². The predicted molar refractivity (Wildman–Crippen MR) is 134 cm³/mol. The average Bonchev–Trinajstić information content (AvgIpc) is 3.69. The van der Waals surface area contributed by atoms with Gasteiger partial charge in [0, 0.05) is 6.54 Å². The van der Waals surface area contributed by atoms with Gasteiger partial charge in [-0.15, -0.1) is 0 Å². The number of nitrogens with two attached hydrogens (primary N) is 1. The Labute approximate surface area is 213 Å². The second-order valence-electron chi connectivity index (χ2n) is 10.3. The summed E-state index contributed by atoms with van der Waals surface area (Å²) < 4.78 is 16.7. The van der Waals surface area contributed by atoms with E-state index in [1.54, 1.807) is 26.2 Å². The van der Waals surface area contributed by atoms with Gasteiger partial charge < -0.3 is 30.2 Å². The number of likely N-dealkylation sites (tertiary alicyclic amines) is 1. The Bertz CT molecular complexity index is 961. The quantitative estimate of drug-likeness (QED) is 0.537. The molecule has 36 heavy (non-hydrogen) atoms. The van der Waals surface area contributed by atoms with E-state index in [4.69, 9.17) is 19.9 Å². The second kappa shape index (κ2) is 11.0. The molecule has 0 aromatic heterocycles. The number of ether oxygens (including phenoxy) is 3. The van der Waals surface area contributed by atoms with E-state index in [0.29, 0.717) is 43.1 Å². The molecule has 3 amide bonds. The number of amides is 3. The molecule has 9 nitrogen and oxygen atoms in total. The third-order valence-electron chi connectivity index (χ3n) is 8.11. The summed E-state index contributed by atoms with van der Waals surface area (Å²) in [6, 6.07) is 3.12. The zero-order valence-corrected chi connectivity index (χ0v) is 21.6. The lowest BCUT2D eigenvalue weighted by Gasteiger charge is -2.40. The van der Waals surface area contributed by atoms with Crippen molar-refractivity contribution >= 4 is 17.7 Å². The van der Waals surface area contributed by atoms with Crippen molar-refractivity contribution in [3.63, 3.8) is 0 Å². The minimum absolute atomic E-state index is 0.0556. The Balaban J connectivity index is 1.68. The molecule has 0 bridgehead atoms. The normalized spacial score (nSPS) is 22.3. The van der Waals surface area contributed by atoms with Gasteiger partial charge in [-0.2, -0.15) is 0 Å². The number of rotatable bonds is 9. The van der Waals surface area contributed by atoms with Crippen molar-refractivity contribution in [2.45, 2.75) is 81.7 Å². The standard InChI is InChI=1S/C27H39N3O6/c1-34-20-15-18(16-21(35-2)23(20)36-3)22(17-9-5-4-6-10-17)25(32)30-14-8-7-11-19(30)24(31)29-27(12-13-27)26(28)33/h15-17,19,22H,4-14H2,1-3H3,(H2,28,33)(H,29,31). The van der Waals surface area contributed by atoms with Crippen LogP contribution >= 0.6 is 0 Å². The fourth-order valence-corrected chi connectivity index (χ4v) is 5.89. The Morgan fingerprint density at radius 2 is 1.56 bits per heavy atom. The maximum absolute atomic E-state index is 14.3. The van der Waals surface area contributed by atoms with Crippen molar-refractivity contribution in [3.8, 4) is 17.2 Å². The molecule has 3 aliphatic rings. The highest BCUT2D eigenvalue weighted by Crippen LogP contribution is 2.45. The Morgan fingerprint density at radius 1 is 0.944 bits per heavy atom. The molecule has 4 rings (SSSR count). The van der Waals surface area contributed by atoms with Crippen LogP contribution in [0.2, 0.25) is 0 Å². The first kappa shape index (κ1) is 26.1. The van der Waals surface area contributed by atoms with Crippen LogP contribution in [0, 0.1) is 5.92 Å². The summed E-state index contributed by atoms with van der Waals surface area (Å²) in [4.78, 5) is 41.3. The third kappa shape index (κ3) is 5.11. The average molecular weight is 502 g/mol. The molecule has 2 unspecified atom stereocenters. The van der Waals surface area contributed by atoms with Crippen molar-refractivity contribution in [1.29, 1.82) is 0 Å². The van der Waals surface area contributed by atoms with E-state index in [1.807, 2.05) is 12.1 Å². The van der Waals surface area contributed by atoms with Crippen LogP contribution in [0.25, 0.3) is 0 Å². The Kier molecular flexibility index (Phi) is 7.95. The molecule has 1 aromatic rings. The van der Waals surface area contributed by atoms with Crippen molar-refractivity contribution in [2.24, 2.45) is 11.7 Å². The number of hydrogen-bond donors (Lipinski definition) is 2. The SMILES string of the molecule is COc1cc(C(C(=O)N2CCCCC2C(=O)NC2(C(N)=O)CC2)C2CCCCC2)cc(OC)c1OC. The lowest BCUT2D eigenvalue weighted by molar-refractivity contribution is -0.145. The molecule has 2 aliphatic carbocycles. The number of hydrogen-bond acceptors (Lipinski definition) is 6. The Morgan fingerprint density at radius 3 is 2.08 bits per heavy atom. The molecule has 1 aliphatic heterocycles. The zero-order chi connectivity index (χ0) is 25.9. The van der Waals surface area contributed by atoms with Gasteiger partial charge in [0.1, 0.15) is 11.6 Å². The zero-order valence-electron chi connectivity index (χ0n) is 21.6. The van der Waals surface area contributed by atoms with Crippen molar-refractivity contribution < 1.29 is 28.6 Å². The van der Waals surface area contributed by atoms with Crippen LogP contribution in [0.5, 0.6) is 17.2 Å². The van der Waals surface area contributed by atoms with Crippen molar-refractivity contribution in [1.82, 2.24) is 10.2 Å². The van der Waals surface area contributed by atoms with E-state index in [-0.39, 0.29) is 17.7 Å². The van der Waals surface area contributed by atoms with E-state index >= 15 is 0 Å². The largest absolute Gasteiger partial charge is 0.493 e. The number of primary amides is 1. The van der Waals surface area contributed by atoms with Crippen LogP contribution in [-0.2, 0) is 14.4 Å². The lowest BCUT2D eigenvalue weighted by atomic mass is 9.75. The number of nitrogens with zero attached hydrogens (tertiary/aromatic N) is 1. The van der Waals surface area contributed by atoms with Crippen LogP contribution in [0.4, 0.5) is 0 Å². The molecule has 3 N–H and O–H groups in total. The summed E-state index contributed by atoms with van der Waals surface area (Å²) in [6.07, 6.45) is 8.55. The molecule has 1 heterocycles. The van der Waals surface area contributed by atoms with Gasteiger partial charge in [0.15, 0.2) is 11.5 Å². The first-order valence-corrected chi connectivity index (χ1v) is 13.1. The summed E-state index contributed by atoms with van der Waals surface area (Å²) in [5.74, 6) is 0.359. The third-order valence-corrected chi connectivity index (χ3v) is 8.11. The first-order chi connectivity index (χ1) is 17.3. The van der Waals surface area contributed by atoms with Gasteiger partial charge in [-0.05, 0) is 68.6 Å². The number of piperidine rings is 1. The van der Waals surface area contributed by atoms with E-state index in [9.17, 15) is 14.4 Å². The molecule has 3 fully saturated rings. The van der Waals surface area contributed by atoms with E-state index in [2.05, 4.69) is 5.32 Å². The molecule has 198 valence electrons. The van der Waals surface area contributed by atoms with Crippen LogP contribution in [0.3, 0.4) is 0 Å². The maximum atomic E-state index is 14.3. The smallest absolute Gasteiger partial charge is 0.243 e. The van der Waals surface area contributed by atoms with Crippen molar-refractivity contribution in [3.05, 3.63) is 17.7 Å². The minimum Gasteiger partial charge on any atom is -0.493 e. The molecular formula is C27H39N3O6. The molecular weight excluding hydrogens is 462 g/mol. The maximum Gasteiger partial charge on any atom is 0.243 e. The van der Waals surface area contributed by atoms with Gasteiger partial charge in [0.05, 0.1) is 27.2 Å². The number of carbonyl (C=O) groups excluding carboxylic acids is 3. The molecule has 1 saturated heterocycles.